The van der Waals surface area contributed by atoms with Crippen molar-refractivity contribution in [1.29, 1.82) is 0 Å². The van der Waals surface area contributed by atoms with E-state index in [9.17, 15) is 23.1 Å². The van der Waals surface area contributed by atoms with Crippen LogP contribution in [0.2, 0.25) is 0 Å². The van der Waals surface area contributed by atoms with Gasteiger partial charge in [-0.15, -0.1) is 0 Å². The molecule has 2 aromatic carbocycles. The number of carbonyl (C=O) groups is 1. The lowest BCUT2D eigenvalue weighted by Crippen LogP contribution is -2.48. The van der Waals surface area contributed by atoms with Gasteiger partial charge >= 0.3 is 6.18 Å². The van der Waals surface area contributed by atoms with Gasteiger partial charge in [-0.2, -0.15) is 13.2 Å². The number of rotatable bonds is 2. The first-order valence-corrected chi connectivity index (χ1v) is 7.85. The number of anilines is 1. The monoisotopic (exact) mass is 350 g/mol. The lowest BCUT2D eigenvalue weighted by molar-refractivity contribution is -0.137. The van der Waals surface area contributed by atoms with Crippen LogP contribution in [0.5, 0.6) is 5.75 Å². The standard InChI is InChI=1S/C18H17F3N2O2/c19-18(20,21)14-3-1-13(2-4-14)17(25)23-11-9-22(10-12-23)15-5-7-16(24)8-6-15/h1-8,24H,9-12H2. The van der Waals surface area contributed by atoms with Gasteiger partial charge in [0.05, 0.1) is 5.56 Å². The third-order valence-electron chi connectivity index (χ3n) is 4.24. The summed E-state index contributed by atoms with van der Waals surface area (Å²) in [5, 5.41) is 9.32. The van der Waals surface area contributed by atoms with Gasteiger partial charge in [-0.05, 0) is 48.5 Å². The predicted octanol–water partition coefficient (Wildman–Crippen LogP) is 3.37. The molecule has 0 unspecified atom stereocenters. The minimum Gasteiger partial charge on any atom is -0.508 e. The van der Waals surface area contributed by atoms with E-state index in [4.69, 9.17) is 0 Å². The fourth-order valence-corrected chi connectivity index (χ4v) is 2.82. The van der Waals surface area contributed by atoms with Gasteiger partial charge < -0.3 is 14.9 Å². The second-order valence-corrected chi connectivity index (χ2v) is 5.87. The van der Waals surface area contributed by atoms with Crippen LogP contribution in [0.25, 0.3) is 0 Å². The Balaban J connectivity index is 1.62. The second-order valence-electron chi connectivity index (χ2n) is 5.87. The minimum absolute atomic E-state index is 0.194. The van der Waals surface area contributed by atoms with Crippen LogP contribution in [0.3, 0.4) is 0 Å². The van der Waals surface area contributed by atoms with Gasteiger partial charge in [0.15, 0.2) is 0 Å². The number of hydrogen-bond donors (Lipinski definition) is 1. The van der Waals surface area contributed by atoms with Crippen LogP contribution in [-0.2, 0) is 6.18 Å². The van der Waals surface area contributed by atoms with Crippen LogP contribution in [0, 0.1) is 0 Å². The van der Waals surface area contributed by atoms with Crippen molar-refractivity contribution in [2.45, 2.75) is 6.18 Å². The molecule has 1 fully saturated rings. The van der Waals surface area contributed by atoms with Crippen molar-refractivity contribution in [2.24, 2.45) is 0 Å². The molecule has 132 valence electrons. The summed E-state index contributed by atoms with van der Waals surface area (Å²) in [7, 11) is 0. The maximum absolute atomic E-state index is 12.6. The van der Waals surface area contributed by atoms with Gasteiger partial charge in [-0.3, -0.25) is 4.79 Å². The molecule has 1 aliphatic rings. The van der Waals surface area contributed by atoms with E-state index in [-0.39, 0.29) is 17.2 Å². The summed E-state index contributed by atoms with van der Waals surface area (Å²) in [5.74, 6) is -0.0704. The van der Waals surface area contributed by atoms with E-state index in [0.29, 0.717) is 26.2 Å². The first-order chi connectivity index (χ1) is 11.8. The molecule has 7 heteroatoms. The molecule has 25 heavy (non-hydrogen) atoms. The first-order valence-electron chi connectivity index (χ1n) is 7.85. The number of aromatic hydroxyl groups is 1. The Hall–Kier alpha value is -2.70. The van der Waals surface area contributed by atoms with E-state index < -0.39 is 11.7 Å². The summed E-state index contributed by atoms with van der Waals surface area (Å²) >= 11 is 0. The zero-order chi connectivity index (χ0) is 18.0. The molecule has 1 saturated heterocycles. The van der Waals surface area contributed by atoms with Gasteiger partial charge in [0.1, 0.15) is 5.75 Å². The summed E-state index contributed by atoms with van der Waals surface area (Å²) in [6.07, 6.45) is -4.41. The topological polar surface area (TPSA) is 43.8 Å². The van der Waals surface area contributed by atoms with Crippen LogP contribution in [0.4, 0.5) is 18.9 Å². The van der Waals surface area contributed by atoms with E-state index in [1.165, 1.54) is 12.1 Å². The number of carbonyl (C=O) groups excluding carboxylic acids is 1. The Bertz CT molecular complexity index is 734. The quantitative estimate of drug-likeness (QED) is 0.903. The first kappa shape index (κ1) is 17.1. The van der Waals surface area contributed by atoms with Crippen LogP contribution < -0.4 is 4.90 Å². The number of phenolic OH excluding ortho intramolecular Hbond substituents is 1. The summed E-state index contributed by atoms with van der Waals surface area (Å²) in [6.45, 7) is 2.22. The lowest BCUT2D eigenvalue weighted by atomic mass is 10.1. The van der Waals surface area contributed by atoms with Crippen LogP contribution in [0.15, 0.2) is 48.5 Å². The molecule has 4 nitrogen and oxygen atoms in total. The molecule has 3 rings (SSSR count). The predicted molar refractivity (Wildman–Crippen MR) is 87.7 cm³/mol. The summed E-state index contributed by atoms with van der Waals surface area (Å²) in [5.41, 5.74) is 0.451. The average Bonchev–Trinajstić information content (AvgIpc) is 2.61. The van der Waals surface area contributed by atoms with E-state index in [1.807, 2.05) is 12.1 Å². The number of nitrogens with zero attached hydrogens (tertiary/aromatic N) is 2. The van der Waals surface area contributed by atoms with Crippen LogP contribution in [-0.4, -0.2) is 42.1 Å². The number of hydrogen-bond acceptors (Lipinski definition) is 3. The average molecular weight is 350 g/mol. The van der Waals surface area contributed by atoms with Crippen molar-refractivity contribution in [2.75, 3.05) is 31.1 Å². The fraction of sp³-hybridized carbons (Fsp3) is 0.278. The SMILES string of the molecule is O=C(c1ccc(C(F)(F)F)cc1)N1CCN(c2ccc(O)cc2)CC1. The minimum atomic E-state index is -4.41. The maximum Gasteiger partial charge on any atom is 0.416 e. The number of piperazine rings is 1. The van der Waals surface area contributed by atoms with Crippen molar-refractivity contribution >= 4 is 11.6 Å². The van der Waals surface area contributed by atoms with Gasteiger partial charge in [0.2, 0.25) is 0 Å². The molecule has 1 amide bonds. The Labute approximate surface area is 143 Å². The third-order valence-corrected chi connectivity index (χ3v) is 4.24. The van der Waals surface area contributed by atoms with E-state index in [0.717, 1.165) is 17.8 Å². The molecule has 0 saturated carbocycles. The van der Waals surface area contributed by atoms with E-state index in [1.54, 1.807) is 17.0 Å². The lowest BCUT2D eigenvalue weighted by Gasteiger charge is -2.36. The van der Waals surface area contributed by atoms with Crippen molar-refractivity contribution in [3.05, 3.63) is 59.7 Å². The molecule has 2 aromatic rings. The normalized spacial score (nSPS) is 15.3. The summed E-state index contributed by atoms with van der Waals surface area (Å²) in [6, 6.07) is 11.1. The van der Waals surface area contributed by atoms with Crippen molar-refractivity contribution < 1.29 is 23.1 Å². The molecule has 1 heterocycles. The van der Waals surface area contributed by atoms with Crippen molar-refractivity contribution in [3.8, 4) is 5.75 Å². The molecule has 0 spiro atoms. The molecule has 1 aliphatic heterocycles. The molecule has 0 bridgehead atoms. The Morgan fingerprint density at radius 1 is 0.880 bits per heavy atom. The molecular formula is C18H17F3N2O2. The zero-order valence-corrected chi connectivity index (χ0v) is 13.3. The Morgan fingerprint density at radius 2 is 1.44 bits per heavy atom. The third kappa shape index (κ3) is 3.87. The number of phenols is 1. The highest BCUT2D eigenvalue weighted by Gasteiger charge is 2.30. The van der Waals surface area contributed by atoms with Gasteiger partial charge in [0, 0.05) is 37.4 Å². The number of halogens is 3. The largest absolute Gasteiger partial charge is 0.508 e. The van der Waals surface area contributed by atoms with Gasteiger partial charge in [-0.25, -0.2) is 0 Å². The fourth-order valence-electron chi connectivity index (χ4n) is 2.82. The van der Waals surface area contributed by atoms with Crippen LogP contribution >= 0.6 is 0 Å². The number of alkyl halides is 3. The molecule has 1 N–H and O–H groups in total. The van der Waals surface area contributed by atoms with E-state index >= 15 is 0 Å². The molecular weight excluding hydrogens is 333 g/mol. The van der Waals surface area contributed by atoms with Crippen LogP contribution in [0.1, 0.15) is 15.9 Å². The van der Waals surface area contributed by atoms with Crippen molar-refractivity contribution in [1.82, 2.24) is 4.90 Å². The highest BCUT2D eigenvalue weighted by atomic mass is 19.4. The smallest absolute Gasteiger partial charge is 0.416 e. The molecule has 0 atom stereocenters. The summed E-state index contributed by atoms with van der Waals surface area (Å²) < 4.78 is 37.8. The molecule has 0 aromatic heterocycles. The highest BCUT2D eigenvalue weighted by Crippen LogP contribution is 2.29. The van der Waals surface area contributed by atoms with Gasteiger partial charge in [0.25, 0.3) is 5.91 Å². The highest BCUT2D eigenvalue weighted by molar-refractivity contribution is 5.94. The Morgan fingerprint density at radius 3 is 1.96 bits per heavy atom. The number of amides is 1. The summed E-state index contributed by atoms with van der Waals surface area (Å²) in [4.78, 5) is 16.2. The van der Waals surface area contributed by atoms with Crippen molar-refractivity contribution in [3.63, 3.8) is 0 Å². The van der Waals surface area contributed by atoms with Gasteiger partial charge in [-0.1, -0.05) is 0 Å². The second kappa shape index (κ2) is 6.66. The Kier molecular flexibility index (Phi) is 4.57. The number of benzene rings is 2. The van der Waals surface area contributed by atoms with E-state index in [2.05, 4.69) is 4.90 Å². The maximum atomic E-state index is 12.6. The molecule has 0 radical (unpaired) electrons. The molecule has 0 aliphatic carbocycles. The zero-order valence-electron chi connectivity index (χ0n) is 13.3.